The molecule has 0 amide bonds. The molecule has 0 aromatic carbocycles. The van der Waals surface area contributed by atoms with Gasteiger partial charge in [0.1, 0.15) is 0 Å². The molecule has 0 bridgehead atoms. The van der Waals surface area contributed by atoms with Crippen molar-refractivity contribution in [2.75, 3.05) is 12.4 Å². The van der Waals surface area contributed by atoms with Crippen LogP contribution in [0.25, 0.3) is 0 Å². The van der Waals surface area contributed by atoms with Gasteiger partial charge in [0.25, 0.3) is 0 Å². The van der Waals surface area contributed by atoms with E-state index >= 15 is 0 Å². The molecule has 1 rings (SSSR count). The van der Waals surface area contributed by atoms with Gasteiger partial charge in [0, 0.05) is 0 Å². The second-order valence-corrected chi connectivity index (χ2v) is 4.55. The predicted octanol–water partition coefficient (Wildman–Crippen LogP) is -3.78. The standard InChI is InChI=1S/C6H6N2O3S.K/c7-1-6(2-8)12(9,10)4-5-3-11-5;/h5-6H,3-4H2;/q;+1. The number of nitriles is 2. The van der Waals surface area contributed by atoms with Crippen LogP contribution in [-0.2, 0) is 14.6 Å². The third-order valence-electron chi connectivity index (χ3n) is 1.41. The van der Waals surface area contributed by atoms with Gasteiger partial charge >= 0.3 is 51.4 Å². The summed E-state index contributed by atoms with van der Waals surface area (Å²) in [7, 11) is -3.61. The number of nitrogens with zero attached hydrogens (tertiary/aromatic N) is 2. The van der Waals surface area contributed by atoms with Gasteiger partial charge < -0.3 is 4.74 Å². The van der Waals surface area contributed by atoms with Crippen LogP contribution in [0.2, 0.25) is 0 Å². The van der Waals surface area contributed by atoms with Crippen molar-refractivity contribution < 1.29 is 64.5 Å². The van der Waals surface area contributed by atoms with E-state index in [2.05, 4.69) is 4.74 Å². The summed E-state index contributed by atoms with van der Waals surface area (Å²) in [5.41, 5.74) is 0. The van der Waals surface area contributed by atoms with Gasteiger partial charge in [-0.1, -0.05) is 0 Å². The van der Waals surface area contributed by atoms with Crippen LogP contribution < -0.4 is 51.4 Å². The van der Waals surface area contributed by atoms with Crippen molar-refractivity contribution in [2.24, 2.45) is 0 Å². The molecule has 1 aliphatic rings. The maximum absolute atomic E-state index is 11.1. The maximum Gasteiger partial charge on any atom is 1.00 e. The molecule has 1 atom stereocenters. The van der Waals surface area contributed by atoms with Gasteiger partial charge in [0.05, 0.1) is 30.6 Å². The summed E-state index contributed by atoms with van der Waals surface area (Å²) in [5.74, 6) is -0.223. The van der Waals surface area contributed by atoms with Crippen molar-refractivity contribution in [3.8, 4) is 12.1 Å². The molecule has 1 heterocycles. The summed E-state index contributed by atoms with van der Waals surface area (Å²) in [6.45, 7) is 0.406. The van der Waals surface area contributed by atoms with Crippen molar-refractivity contribution in [3.63, 3.8) is 0 Å². The first-order chi connectivity index (χ1) is 5.60. The fourth-order valence-corrected chi connectivity index (χ4v) is 1.93. The Kier molecular flexibility index (Phi) is 5.64. The number of hydrogen-bond donors (Lipinski definition) is 0. The Labute approximate surface area is 119 Å². The Bertz CT molecular complexity index is 335. The number of ether oxygens (including phenoxy) is 1. The van der Waals surface area contributed by atoms with E-state index in [-0.39, 0.29) is 63.2 Å². The number of hydrogen-bond acceptors (Lipinski definition) is 5. The number of epoxide rings is 1. The summed E-state index contributed by atoms with van der Waals surface area (Å²) in [6.07, 6.45) is -0.306. The van der Waals surface area contributed by atoms with Crippen LogP contribution >= 0.6 is 0 Å². The molecule has 1 aliphatic heterocycles. The summed E-state index contributed by atoms with van der Waals surface area (Å²) >= 11 is 0. The second kappa shape index (κ2) is 5.42. The molecule has 64 valence electrons. The van der Waals surface area contributed by atoms with Gasteiger partial charge in [0.15, 0.2) is 9.84 Å². The Morgan fingerprint density at radius 1 is 1.46 bits per heavy atom. The maximum atomic E-state index is 11.1. The molecule has 7 heteroatoms. The molecule has 13 heavy (non-hydrogen) atoms. The molecule has 0 saturated carbocycles. The summed E-state index contributed by atoms with van der Waals surface area (Å²) < 4.78 is 26.9. The zero-order valence-corrected chi connectivity index (χ0v) is 11.0. The third-order valence-corrected chi connectivity index (χ3v) is 3.18. The molecular formula is C6H6KN2O3S+. The van der Waals surface area contributed by atoms with Gasteiger partial charge in [-0.05, 0) is 0 Å². The van der Waals surface area contributed by atoms with Gasteiger partial charge in [-0.15, -0.1) is 0 Å². The predicted molar refractivity (Wildman–Crippen MR) is 38.5 cm³/mol. The molecule has 0 radical (unpaired) electrons. The Morgan fingerprint density at radius 3 is 2.23 bits per heavy atom. The van der Waals surface area contributed by atoms with E-state index in [1.807, 2.05) is 0 Å². The largest absolute Gasteiger partial charge is 1.00 e. The molecule has 1 saturated heterocycles. The minimum absolute atomic E-state index is 0. The minimum Gasteiger partial charge on any atom is -0.372 e. The Hall–Kier alpha value is 0.526. The first kappa shape index (κ1) is 13.5. The molecule has 1 unspecified atom stereocenters. The van der Waals surface area contributed by atoms with Crippen LogP contribution in [0, 0.1) is 22.7 Å². The topological polar surface area (TPSA) is 94.2 Å². The van der Waals surface area contributed by atoms with Crippen LogP contribution in [-0.4, -0.2) is 32.1 Å². The Morgan fingerprint density at radius 2 is 1.92 bits per heavy atom. The average molecular weight is 225 g/mol. The van der Waals surface area contributed by atoms with Crippen LogP contribution in [0.15, 0.2) is 0 Å². The van der Waals surface area contributed by atoms with Gasteiger partial charge in [-0.3, -0.25) is 0 Å². The molecule has 5 nitrogen and oxygen atoms in total. The monoisotopic (exact) mass is 225 g/mol. The molecule has 0 N–H and O–H groups in total. The van der Waals surface area contributed by atoms with Gasteiger partial charge in [-0.2, -0.15) is 10.5 Å². The molecule has 0 aromatic rings. The van der Waals surface area contributed by atoms with Crippen molar-refractivity contribution in [1.29, 1.82) is 10.5 Å². The summed E-state index contributed by atoms with van der Waals surface area (Å²) in [4.78, 5) is 0. The van der Waals surface area contributed by atoms with Crippen molar-refractivity contribution >= 4 is 9.84 Å². The fourth-order valence-electron chi connectivity index (χ4n) is 0.709. The first-order valence-electron chi connectivity index (χ1n) is 3.22. The SMILES string of the molecule is N#CC(C#N)S(=O)(=O)CC1CO1.[K+]. The van der Waals surface area contributed by atoms with Gasteiger partial charge in [0.2, 0.25) is 5.25 Å². The molecule has 1 fully saturated rings. The molecule has 0 aliphatic carbocycles. The first-order valence-corrected chi connectivity index (χ1v) is 4.94. The number of sulfone groups is 1. The zero-order chi connectivity index (χ0) is 9.19. The van der Waals surface area contributed by atoms with Crippen molar-refractivity contribution in [1.82, 2.24) is 0 Å². The molecule has 0 spiro atoms. The van der Waals surface area contributed by atoms with E-state index in [4.69, 9.17) is 10.5 Å². The van der Waals surface area contributed by atoms with Crippen molar-refractivity contribution in [2.45, 2.75) is 11.4 Å². The minimum atomic E-state index is -3.61. The van der Waals surface area contributed by atoms with E-state index in [0.717, 1.165) is 0 Å². The summed E-state index contributed by atoms with van der Waals surface area (Å²) in [6, 6.07) is 2.84. The van der Waals surface area contributed by atoms with Crippen LogP contribution in [0.4, 0.5) is 0 Å². The van der Waals surface area contributed by atoms with Crippen LogP contribution in [0.5, 0.6) is 0 Å². The van der Waals surface area contributed by atoms with Crippen LogP contribution in [0.3, 0.4) is 0 Å². The Balaban J connectivity index is 0.00000144. The van der Waals surface area contributed by atoms with E-state index in [1.165, 1.54) is 12.1 Å². The zero-order valence-electron chi connectivity index (χ0n) is 7.10. The third kappa shape index (κ3) is 4.04. The van der Waals surface area contributed by atoms with E-state index in [1.54, 1.807) is 0 Å². The van der Waals surface area contributed by atoms with Crippen molar-refractivity contribution in [3.05, 3.63) is 0 Å². The van der Waals surface area contributed by atoms with E-state index in [9.17, 15) is 8.42 Å². The molecule has 0 aromatic heterocycles. The fraction of sp³-hybridized carbons (Fsp3) is 0.667. The molecular weight excluding hydrogens is 219 g/mol. The second-order valence-electron chi connectivity index (χ2n) is 2.42. The van der Waals surface area contributed by atoms with Crippen LogP contribution in [0.1, 0.15) is 0 Å². The van der Waals surface area contributed by atoms with E-state index < -0.39 is 15.1 Å². The summed E-state index contributed by atoms with van der Waals surface area (Å²) in [5, 5.41) is 15.1. The van der Waals surface area contributed by atoms with Gasteiger partial charge in [-0.25, -0.2) is 8.42 Å². The number of rotatable bonds is 3. The quantitative estimate of drug-likeness (QED) is 0.363. The average Bonchev–Trinajstić information content (AvgIpc) is 2.72. The van der Waals surface area contributed by atoms with E-state index in [0.29, 0.717) is 6.61 Å². The normalized spacial score (nSPS) is 19.8. The smallest absolute Gasteiger partial charge is 0.372 e.